The molecular weight excluding hydrogens is 430 g/mol. The topological polar surface area (TPSA) is 197 Å². The van der Waals surface area contributed by atoms with E-state index in [4.69, 9.17) is 16.6 Å². The van der Waals surface area contributed by atoms with Gasteiger partial charge in [-0.1, -0.05) is 49.6 Å². The first-order valence-electron chi connectivity index (χ1n) is 10.8. The number of aliphatic carboxylic acids is 2. The summed E-state index contributed by atoms with van der Waals surface area (Å²) in [5.74, 6) is -3.80. The zero-order chi connectivity index (χ0) is 24.6. The van der Waals surface area contributed by atoms with E-state index in [0.717, 1.165) is 25.7 Å². The van der Waals surface area contributed by atoms with Crippen LogP contribution < -0.4 is 22.1 Å². The van der Waals surface area contributed by atoms with E-state index in [2.05, 4.69) is 15.6 Å². The van der Waals surface area contributed by atoms with Gasteiger partial charge in [-0.25, -0.2) is 4.79 Å². The minimum absolute atomic E-state index is 0.0266. The molecule has 1 aromatic carbocycles. The van der Waals surface area contributed by atoms with Crippen molar-refractivity contribution in [2.75, 3.05) is 6.54 Å². The van der Waals surface area contributed by atoms with Crippen molar-refractivity contribution in [1.82, 2.24) is 10.6 Å². The molecule has 1 rings (SSSR count). The first-order chi connectivity index (χ1) is 15.7. The molecule has 1 aromatic rings. The second kappa shape index (κ2) is 15.2. The van der Waals surface area contributed by atoms with Crippen LogP contribution in [0.25, 0.3) is 0 Å². The molecule has 182 valence electrons. The third-order valence-corrected chi connectivity index (χ3v) is 4.78. The van der Waals surface area contributed by atoms with Crippen LogP contribution in [0.4, 0.5) is 0 Å². The third kappa shape index (κ3) is 12.7. The van der Waals surface area contributed by atoms with Gasteiger partial charge in [0.25, 0.3) is 0 Å². The highest BCUT2D eigenvalue weighted by molar-refractivity contribution is 5.92. The van der Waals surface area contributed by atoms with Gasteiger partial charge in [0.05, 0.1) is 6.42 Å². The van der Waals surface area contributed by atoms with Gasteiger partial charge < -0.3 is 32.3 Å². The fourth-order valence-electron chi connectivity index (χ4n) is 3.11. The Morgan fingerprint density at radius 1 is 0.879 bits per heavy atom. The van der Waals surface area contributed by atoms with Gasteiger partial charge >= 0.3 is 11.9 Å². The second-order valence-electron chi connectivity index (χ2n) is 7.63. The van der Waals surface area contributed by atoms with Crippen LogP contribution in [0.15, 0.2) is 35.3 Å². The predicted octanol–water partition coefficient (Wildman–Crippen LogP) is 0.372. The number of rotatable bonds is 16. The molecule has 0 aromatic heterocycles. The molecule has 11 heteroatoms. The molecule has 2 unspecified atom stereocenters. The van der Waals surface area contributed by atoms with Crippen molar-refractivity contribution in [3.05, 3.63) is 35.9 Å². The number of carbonyl (C=O) groups is 4. The third-order valence-electron chi connectivity index (χ3n) is 4.78. The summed E-state index contributed by atoms with van der Waals surface area (Å²) >= 11 is 0. The number of amides is 2. The van der Waals surface area contributed by atoms with E-state index in [1.165, 1.54) is 0 Å². The van der Waals surface area contributed by atoms with Crippen LogP contribution in [0, 0.1) is 0 Å². The Kier molecular flexibility index (Phi) is 12.6. The number of nitrogens with zero attached hydrogens (tertiary/aromatic N) is 1. The summed E-state index contributed by atoms with van der Waals surface area (Å²) in [7, 11) is 0. The largest absolute Gasteiger partial charge is 0.481 e. The molecular formula is C22H33N5O6. The molecule has 0 heterocycles. The van der Waals surface area contributed by atoms with E-state index in [1.807, 2.05) is 0 Å². The molecule has 2 atom stereocenters. The van der Waals surface area contributed by atoms with Crippen molar-refractivity contribution in [1.29, 1.82) is 0 Å². The van der Waals surface area contributed by atoms with Gasteiger partial charge in [0.2, 0.25) is 11.8 Å². The Bertz CT molecular complexity index is 811. The van der Waals surface area contributed by atoms with Crippen LogP contribution in [0.2, 0.25) is 0 Å². The van der Waals surface area contributed by atoms with Crippen molar-refractivity contribution in [2.45, 2.75) is 63.5 Å². The Morgan fingerprint density at radius 3 is 2.12 bits per heavy atom. The maximum Gasteiger partial charge on any atom is 0.326 e. The number of carboxylic acids is 2. The van der Waals surface area contributed by atoms with Gasteiger partial charge in [0, 0.05) is 19.4 Å². The van der Waals surface area contributed by atoms with E-state index >= 15 is 0 Å². The number of carboxylic acid groups (broad SMARTS) is 2. The minimum Gasteiger partial charge on any atom is -0.481 e. The number of aliphatic imine (C=N–C) groups is 1. The molecule has 0 fully saturated rings. The van der Waals surface area contributed by atoms with Crippen molar-refractivity contribution in [3.8, 4) is 0 Å². The van der Waals surface area contributed by atoms with Crippen LogP contribution in [0.3, 0.4) is 0 Å². The van der Waals surface area contributed by atoms with E-state index in [9.17, 15) is 24.3 Å². The smallest absolute Gasteiger partial charge is 0.326 e. The lowest BCUT2D eigenvalue weighted by molar-refractivity contribution is -0.143. The normalized spacial score (nSPS) is 12.2. The molecule has 8 N–H and O–H groups in total. The maximum absolute atomic E-state index is 12.6. The van der Waals surface area contributed by atoms with Crippen LogP contribution in [-0.2, 0) is 25.6 Å². The molecule has 33 heavy (non-hydrogen) atoms. The highest BCUT2D eigenvalue weighted by Crippen LogP contribution is 2.07. The number of hydrogen-bond acceptors (Lipinski definition) is 5. The molecule has 0 aliphatic carbocycles. The van der Waals surface area contributed by atoms with Gasteiger partial charge in [0.15, 0.2) is 5.96 Å². The van der Waals surface area contributed by atoms with E-state index in [0.29, 0.717) is 18.5 Å². The van der Waals surface area contributed by atoms with Gasteiger partial charge in [-0.2, -0.15) is 0 Å². The Hall–Kier alpha value is -3.63. The van der Waals surface area contributed by atoms with Crippen molar-refractivity contribution in [2.24, 2.45) is 16.5 Å². The van der Waals surface area contributed by atoms with Gasteiger partial charge in [-0.3, -0.25) is 19.4 Å². The van der Waals surface area contributed by atoms with Crippen LogP contribution >= 0.6 is 0 Å². The monoisotopic (exact) mass is 463 g/mol. The van der Waals surface area contributed by atoms with Gasteiger partial charge in [0.1, 0.15) is 12.1 Å². The summed E-state index contributed by atoms with van der Waals surface area (Å²) in [6.45, 7) is 0.552. The number of nitrogens with one attached hydrogen (secondary N) is 2. The summed E-state index contributed by atoms with van der Waals surface area (Å²) in [6.07, 6.45) is 3.47. The quantitative estimate of drug-likeness (QED) is 0.115. The Labute approximate surface area is 192 Å². The Morgan fingerprint density at radius 2 is 1.52 bits per heavy atom. The van der Waals surface area contributed by atoms with Crippen LogP contribution in [0.1, 0.15) is 50.5 Å². The van der Waals surface area contributed by atoms with Crippen molar-refractivity contribution >= 4 is 29.7 Å². The van der Waals surface area contributed by atoms with Crippen LogP contribution in [0.5, 0.6) is 0 Å². The number of nitrogens with two attached hydrogens (primary N) is 2. The Balaban J connectivity index is 2.52. The highest BCUT2D eigenvalue weighted by Gasteiger charge is 2.28. The first kappa shape index (κ1) is 27.4. The minimum atomic E-state index is -1.37. The lowest BCUT2D eigenvalue weighted by Crippen LogP contribution is -2.52. The summed E-state index contributed by atoms with van der Waals surface area (Å²) in [5, 5.41) is 23.3. The summed E-state index contributed by atoms with van der Waals surface area (Å²) in [4.78, 5) is 51.4. The predicted molar refractivity (Wildman–Crippen MR) is 122 cm³/mol. The average Bonchev–Trinajstić information content (AvgIpc) is 2.74. The molecule has 0 saturated carbocycles. The number of carbonyl (C=O) groups excluding carboxylic acids is 2. The molecule has 0 bridgehead atoms. The highest BCUT2D eigenvalue weighted by atomic mass is 16.4. The second-order valence-corrected chi connectivity index (χ2v) is 7.63. The molecule has 11 nitrogen and oxygen atoms in total. The van der Waals surface area contributed by atoms with E-state index in [-0.39, 0.29) is 18.8 Å². The number of benzene rings is 1. The van der Waals surface area contributed by atoms with Crippen LogP contribution in [-0.4, -0.2) is 58.6 Å². The molecule has 0 radical (unpaired) electrons. The van der Waals surface area contributed by atoms with E-state index < -0.39 is 42.3 Å². The SMILES string of the molecule is NC(N)=NCCCCCCCC(=O)NC(CC(=O)O)C(=O)NC(Cc1ccccc1)C(=O)O. The fraction of sp³-hybridized carbons (Fsp3) is 0.500. The molecule has 2 amide bonds. The number of guanidine groups is 1. The molecule has 0 saturated heterocycles. The lowest BCUT2D eigenvalue weighted by atomic mass is 10.0. The standard InChI is InChI=1S/C22H33N5O6/c23-22(24)25-12-8-3-1-2-7-11-18(28)26-16(14-19(29)30)20(31)27-17(21(32)33)13-15-9-5-4-6-10-15/h4-6,9-10,16-17H,1-3,7-8,11-14H2,(H,26,28)(H,27,31)(H,29,30)(H,32,33)(H4,23,24,25). The zero-order valence-electron chi connectivity index (χ0n) is 18.5. The number of unbranched alkanes of at least 4 members (excludes halogenated alkanes) is 4. The summed E-state index contributed by atoms with van der Waals surface area (Å²) in [6, 6.07) is 6.09. The van der Waals surface area contributed by atoms with Crippen molar-refractivity contribution < 1.29 is 29.4 Å². The molecule has 0 spiro atoms. The van der Waals surface area contributed by atoms with Gasteiger partial charge in [-0.15, -0.1) is 0 Å². The van der Waals surface area contributed by atoms with Crippen molar-refractivity contribution in [3.63, 3.8) is 0 Å². The maximum atomic E-state index is 12.6. The number of hydrogen-bond donors (Lipinski definition) is 6. The fourth-order valence-corrected chi connectivity index (χ4v) is 3.11. The van der Waals surface area contributed by atoms with E-state index in [1.54, 1.807) is 30.3 Å². The molecule has 0 aliphatic heterocycles. The zero-order valence-corrected chi connectivity index (χ0v) is 18.5. The summed E-state index contributed by atoms with van der Waals surface area (Å²) < 4.78 is 0. The lowest BCUT2D eigenvalue weighted by Gasteiger charge is -2.20. The average molecular weight is 464 g/mol. The first-order valence-corrected chi connectivity index (χ1v) is 10.8. The molecule has 0 aliphatic rings. The van der Waals surface area contributed by atoms with Gasteiger partial charge in [-0.05, 0) is 18.4 Å². The summed E-state index contributed by atoms with van der Waals surface area (Å²) in [5.41, 5.74) is 11.2.